The molecule has 0 saturated heterocycles. The van der Waals surface area contributed by atoms with E-state index in [0.717, 1.165) is 23.6 Å². The average molecular weight is 309 g/mol. The first-order chi connectivity index (χ1) is 9.78. The topological polar surface area (TPSA) is 9.23 Å². The van der Waals surface area contributed by atoms with Crippen LogP contribution in [0.2, 0.25) is 5.02 Å². The highest BCUT2D eigenvalue weighted by molar-refractivity contribution is 6.30. The summed E-state index contributed by atoms with van der Waals surface area (Å²) < 4.78 is 5.72. The van der Waals surface area contributed by atoms with E-state index < -0.39 is 0 Å². The second-order valence-corrected chi connectivity index (χ2v) is 5.55. The number of alkyl halides is 1. The van der Waals surface area contributed by atoms with Crippen molar-refractivity contribution in [1.82, 2.24) is 0 Å². The van der Waals surface area contributed by atoms with Crippen molar-refractivity contribution in [3.63, 3.8) is 0 Å². The van der Waals surface area contributed by atoms with Gasteiger partial charge in [0, 0.05) is 10.9 Å². The highest BCUT2D eigenvalue weighted by Gasteiger charge is 2.09. The Kier molecular flexibility index (Phi) is 6.23. The van der Waals surface area contributed by atoms with Gasteiger partial charge in [0.1, 0.15) is 5.75 Å². The Balaban J connectivity index is 1.79. The Morgan fingerprint density at radius 3 is 2.30 bits per heavy atom. The van der Waals surface area contributed by atoms with E-state index in [2.05, 4.69) is 12.1 Å². The fraction of sp³-hybridized carbons (Fsp3) is 0.294. The van der Waals surface area contributed by atoms with Gasteiger partial charge in [0.15, 0.2) is 0 Å². The smallest absolute Gasteiger partial charge is 0.119 e. The molecule has 0 amide bonds. The van der Waals surface area contributed by atoms with E-state index in [4.69, 9.17) is 27.9 Å². The van der Waals surface area contributed by atoms with Crippen LogP contribution in [0.25, 0.3) is 0 Å². The molecule has 0 aliphatic heterocycles. The lowest BCUT2D eigenvalue weighted by atomic mass is 9.98. The van der Waals surface area contributed by atoms with Crippen LogP contribution < -0.4 is 4.74 Å². The number of hydrogen-bond donors (Lipinski definition) is 0. The molecule has 106 valence electrons. The van der Waals surface area contributed by atoms with Crippen molar-refractivity contribution in [3.05, 3.63) is 65.2 Å². The van der Waals surface area contributed by atoms with Crippen molar-refractivity contribution in [1.29, 1.82) is 0 Å². The normalized spacial score (nSPS) is 12.1. The third-order valence-electron chi connectivity index (χ3n) is 3.19. The molecule has 3 heteroatoms. The lowest BCUT2D eigenvalue weighted by Gasteiger charge is -2.14. The van der Waals surface area contributed by atoms with Crippen molar-refractivity contribution < 1.29 is 4.74 Å². The van der Waals surface area contributed by atoms with Crippen LogP contribution in [-0.4, -0.2) is 12.5 Å². The zero-order valence-corrected chi connectivity index (χ0v) is 12.8. The average Bonchev–Trinajstić information content (AvgIpc) is 2.49. The van der Waals surface area contributed by atoms with E-state index in [1.165, 1.54) is 5.56 Å². The van der Waals surface area contributed by atoms with Crippen LogP contribution in [0.1, 0.15) is 12.0 Å². The first-order valence-corrected chi connectivity index (χ1v) is 7.67. The summed E-state index contributed by atoms with van der Waals surface area (Å²) in [7, 11) is 0. The number of rotatable bonds is 7. The maximum Gasteiger partial charge on any atom is 0.119 e. The molecule has 1 atom stereocenters. The Labute approximate surface area is 130 Å². The van der Waals surface area contributed by atoms with E-state index in [1.807, 2.05) is 42.5 Å². The van der Waals surface area contributed by atoms with E-state index in [1.54, 1.807) is 0 Å². The maximum absolute atomic E-state index is 6.05. The summed E-state index contributed by atoms with van der Waals surface area (Å²) >= 11 is 11.9. The molecule has 1 nitrogen and oxygen atoms in total. The molecule has 0 spiro atoms. The standard InChI is InChI=1S/C17H18Cl2O/c18-13-15(12-14-6-8-16(19)9-7-14)10-11-20-17-4-2-1-3-5-17/h1-9,15H,10-13H2. The predicted molar refractivity (Wildman–Crippen MR) is 85.9 cm³/mol. The lowest BCUT2D eigenvalue weighted by molar-refractivity contribution is 0.284. The van der Waals surface area contributed by atoms with Crippen LogP contribution in [0.4, 0.5) is 0 Å². The van der Waals surface area contributed by atoms with Crippen molar-refractivity contribution in [2.24, 2.45) is 5.92 Å². The molecule has 0 aliphatic carbocycles. The van der Waals surface area contributed by atoms with Gasteiger partial charge in [-0.1, -0.05) is 41.9 Å². The summed E-state index contributed by atoms with van der Waals surface area (Å²) in [6.45, 7) is 0.689. The van der Waals surface area contributed by atoms with Gasteiger partial charge >= 0.3 is 0 Å². The van der Waals surface area contributed by atoms with Gasteiger partial charge in [0.25, 0.3) is 0 Å². The summed E-state index contributed by atoms with van der Waals surface area (Å²) in [5, 5.41) is 0.767. The van der Waals surface area contributed by atoms with Crippen LogP contribution in [0.3, 0.4) is 0 Å². The summed E-state index contributed by atoms with van der Waals surface area (Å²) in [6, 6.07) is 17.8. The van der Waals surface area contributed by atoms with Crippen LogP contribution in [0.5, 0.6) is 5.75 Å². The van der Waals surface area contributed by atoms with Crippen LogP contribution in [0, 0.1) is 5.92 Å². The SMILES string of the molecule is ClCC(CCOc1ccccc1)Cc1ccc(Cl)cc1. The summed E-state index contributed by atoms with van der Waals surface area (Å²) in [5.74, 6) is 1.97. The summed E-state index contributed by atoms with van der Waals surface area (Å²) in [5.41, 5.74) is 1.26. The number of hydrogen-bond acceptors (Lipinski definition) is 1. The molecule has 0 aromatic heterocycles. The van der Waals surface area contributed by atoms with E-state index in [9.17, 15) is 0 Å². The second kappa shape index (κ2) is 8.18. The van der Waals surface area contributed by atoms with Crippen molar-refractivity contribution in [2.45, 2.75) is 12.8 Å². The van der Waals surface area contributed by atoms with Crippen molar-refractivity contribution >= 4 is 23.2 Å². The molecule has 2 aromatic carbocycles. The van der Waals surface area contributed by atoms with Gasteiger partial charge in [-0.3, -0.25) is 0 Å². The second-order valence-electron chi connectivity index (χ2n) is 4.80. The Morgan fingerprint density at radius 1 is 0.950 bits per heavy atom. The minimum atomic E-state index is 0.418. The quantitative estimate of drug-likeness (QED) is 0.638. The van der Waals surface area contributed by atoms with Crippen LogP contribution in [-0.2, 0) is 6.42 Å². The largest absolute Gasteiger partial charge is 0.494 e. The Morgan fingerprint density at radius 2 is 1.65 bits per heavy atom. The molecule has 0 bridgehead atoms. The molecule has 1 unspecified atom stereocenters. The molecular formula is C17H18Cl2O. The maximum atomic E-state index is 6.05. The minimum Gasteiger partial charge on any atom is -0.494 e. The highest BCUT2D eigenvalue weighted by Crippen LogP contribution is 2.17. The minimum absolute atomic E-state index is 0.418. The molecular weight excluding hydrogens is 291 g/mol. The van der Waals surface area contributed by atoms with E-state index >= 15 is 0 Å². The molecule has 0 saturated carbocycles. The Hall–Kier alpha value is -1.18. The van der Waals surface area contributed by atoms with E-state index in [-0.39, 0.29) is 0 Å². The van der Waals surface area contributed by atoms with Gasteiger partial charge in [0.05, 0.1) is 6.61 Å². The first-order valence-electron chi connectivity index (χ1n) is 6.76. The lowest BCUT2D eigenvalue weighted by Crippen LogP contribution is -2.11. The molecule has 2 rings (SSSR count). The third kappa shape index (κ3) is 5.07. The molecule has 0 fully saturated rings. The number of benzene rings is 2. The molecule has 0 aliphatic rings. The summed E-state index contributed by atoms with van der Waals surface area (Å²) in [4.78, 5) is 0. The van der Waals surface area contributed by atoms with Gasteiger partial charge in [-0.15, -0.1) is 11.6 Å². The van der Waals surface area contributed by atoms with E-state index in [0.29, 0.717) is 18.4 Å². The molecule has 0 heterocycles. The first kappa shape index (κ1) is 15.2. The Bertz CT molecular complexity index is 496. The van der Waals surface area contributed by atoms with Gasteiger partial charge in [0.2, 0.25) is 0 Å². The molecule has 0 radical (unpaired) electrons. The third-order valence-corrected chi connectivity index (χ3v) is 3.88. The van der Waals surface area contributed by atoms with Crippen LogP contribution in [0.15, 0.2) is 54.6 Å². The van der Waals surface area contributed by atoms with Crippen LogP contribution >= 0.6 is 23.2 Å². The monoisotopic (exact) mass is 308 g/mol. The predicted octanol–water partition coefficient (Wildman–Crippen LogP) is 5.21. The molecule has 20 heavy (non-hydrogen) atoms. The number of halogens is 2. The van der Waals surface area contributed by atoms with Gasteiger partial charge in [-0.2, -0.15) is 0 Å². The highest BCUT2D eigenvalue weighted by atomic mass is 35.5. The van der Waals surface area contributed by atoms with Crippen molar-refractivity contribution in [2.75, 3.05) is 12.5 Å². The number of para-hydroxylation sites is 1. The van der Waals surface area contributed by atoms with Crippen molar-refractivity contribution in [3.8, 4) is 5.75 Å². The molecule has 2 aromatic rings. The van der Waals surface area contributed by atoms with Gasteiger partial charge in [-0.25, -0.2) is 0 Å². The van der Waals surface area contributed by atoms with Gasteiger partial charge < -0.3 is 4.74 Å². The fourth-order valence-electron chi connectivity index (χ4n) is 2.05. The zero-order chi connectivity index (χ0) is 14.2. The molecule has 0 N–H and O–H groups in total. The fourth-order valence-corrected chi connectivity index (χ4v) is 2.44. The summed E-state index contributed by atoms with van der Waals surface area (Å²) in [6.07, 6.45) is 1.90. The number of ether oxygens (including phenoxy) is 1. The zero-order valence-electron chi connectivity index (χ0n) is 11.3. The van der Waals surface area contributed by atoms with Gasteiger partial charge in [-0.05, 0) is 48.6 Å².